The number of hydrogen-bond acceptors (Lipinski definition) is 15. The first-order valence-electron chi connectivity index (χ1n) is 16.7. The van der Waals surface area contributed by atoms with Crippen LogP contribution in [0.2, 0.25) is 0 Å². The van der Waals surface area contributed by atoms with Gasteiger partial charge in [0, 0.05) is 6.61 Å². The van der Waals surface area contributed by atoms with E-state index in [1.54, 1.807) is 0 Å². The van der Waals surface area contributed by atoms with Crippen molar-refractivity contribution in [3.63, 3.8) is 0 Å². The largest absolute Gasteiger partial charge is 0.394 e. The quantitative estimate of drug-likeness (QED) is 0.0912. The van der Waals surface area contributed by atoms with Crippen molar-refractivity contribution in [2.24, 2.45) is 0 Å². The van der Waals surface area contributed by atoms with Crippen LogP contribution in [0.5, 0.6) is 0 Å². The Hall–Kier alpha value is -0.600. The van der Waals surface area contributed by atoms with Crippen molar-refractivity contribution in [1.29, 1.82) is 0 Å². The van der Waals surface area contributed by atoms with Crippen LogP contribution in [-0.2, 0) is 66.3 Å². The summed E-state index contributed by atoms with van der Waals surface area (Å²) in [6.45, 7) is 13.4. The summed E-state index contributed by atoms with van der Waals surface area (Å²) in [7, 11) is 0. The van der Waals surface area contributed by atoms with E-state index < -0.39 is 0 Å². The van der Waals surface area contributed by atoms with Gasteiger partial charge in [0.15, 0.2) is 6.29 Å². The Bertz CT molecular complexity index is 558. The monoisotopic (exact) mass is 674 g/mol. The van der Waals surface area contributed by atoms with E-state index in [2.05, 4.69) is 0 Å². The zero-order valence-electron chi connectivity index (χ0n) is 28.0. The summed E-state index contributed by atoms with van der Waals surface area (Å²) < 4.78 is 76.2. The van der Waals surface area contributed by atoms with E-state index in [-0.39, 0.29) is 12.9 Å². The summed E-state index contributed by atoms with van der Waals surface area (Å²) >= 11 is 0. The number of aliphatic hydroxyl groups is 1. The molecular formula is C31H62O15. The molecule has 0 bridgehead atoms. The Morgan fingerprint density at radius 2 is 0.609 bits per heavy atom. The van der Waals surface area contributed by atoms with Crippen molar-refractivity contribution < 1.29 is 71.4 Å². The Labute approximate surface area is 275 Å². The fourth-order valence-electron chi connectivity index (χ4n) is 3.67. The average Bonchev–Trinajstić information content (AvgIpc) is 3.08. The van der Waals surface area contributed by atoms with Crippen LogP contribution in [0.4, 0.5) is 0 Å². The van der Waals surface area contributed by atoms with Crippen molar-refractivity contribution in [3.05, 3.63) is 0 Å². The highest BCUT2D eigenvalue weighted by atomic mass is 16.7. The van der Waals surface area contributed by atoms with Crippen molar-refractivity contribution in [2.75, 3.05) is 178 Å². The second-order valence-corrected chi connectivity index (χ2v) is 9.74. The summed E-state index contributed by atoms with van der Waals surface area (Å²) in [5, 5.41) is 8.58. The van der Waals surface area contributed by atoms with Gasteiger partial charge in [-0.3, -0.25) is 0 Å². The Morgan fingerprint density at radius 3 is 0.848 bits per heavy atom. The molecule has 15 heteroatoms. The van der Waals surface area contributed by atoms with E-state index in [1.807, 2.05) is 0 Å². The van der Waals surface area contributed by atoms with Gasteiger partial charge >= 0.3 is 0 Å². The van der Waals surface area contributed by atoms with E-state index in [1.165, 1.54) is 0 Å². The van der Waals surface area contributed by atoms with E-state index >= 15 is 0 Å². The van der Waals surface area contributed by atoms with Gasteiger partial charge in [0.25, 0.3) is 0 Å². The molecule has 0 aliphatic carbocycles. The molecule has 1 heterocycles. The lowest BCUT2D eigenvalue weighted by molar-refractivity contribution is -0.169. The third-order valence-electron chi connectivity index (χ3n) is 6.00. The fourth-order valence-corrected chi connectivity index (χ4v) is 3.67. The van der Waals surface area contributed by atoms with Crippen molar-refractivity contribution in [2.45, 2.75) is 25.6 Å². The smallest absolute Gasteiger partial charge is 0.157 e. The molecule has 0 aromatic rings. The lowest BCUT2D eigenvalue weighted by Crippen LogP contribution is -2.24. The van der Waals surface area contributed by atoms with Crippen LogP contribution in [-0.4, -0.2) is 190 Å². The van der Waals surface area contributed by atoms with Gasteiger partial charge in [0.2, 0.25) is 0 Å². The van der Waals surface area contributed by atoms with E-state index in [9.17, 15) is 0 Å². The highest BCUT2D eigenvalue weighted by molar-refractivity contribution is 4.53. The molecule has 1 N–H and O–H groups in total. The molecule has 1 unspecified atom stereocenters. The first kappa shape index (κ1) is 43.4. The zero-order valence-corrected chi connectivity index (χ0v) is 28.0. The van der Waals surface area contributed by atoms with Gasteiger partial charge < -0.3 is 71.4 Å². The van der Waals surface area contributed by atoms with Gasteiger partial charge in [-0.2, -0.15) is 0 Å². The summed E-state index contributed by atoms with van der Waals surface area (Å²) in [5.41, 5.74) is 0. The number of hydrogen-bond donors (Lipinski definition) is 1. The van der Waals surface area contributed by atoms with Gasteiger partial charge in [-0.1, -0.05) is 0 Å². The van der Waals surface area contributed by atoms with Crippen molar-refractivity contribution >= 4 is 0 Å². The molecule has 0 aromatic heterocycles. The summed E-state index contributed by atoms with van der Waals surface area (Å²) in [5.74, 6) is 0. The van der Waals surface area contributed by atoms with Crippen LogP contribution in [0.15, 0.2) is 0 Å². The molecule has 1 fully saturated rings. The average molecular weight is 675 g/mol. The van der Waals surface area contributed by atoms with Crippen LogP contribution in [0.3, 0.4) is 0 Å². The van der Waals surface area contributed by atoms with Gasteiger partial charge in [0.05, 0.1) is 172 Å². The highest BCUT2D eigenvalue weighted by Crippen LogP contribution is 2.13. The number of aliphatic hydroxyl groups excluding tert-OH is 1. The Balaban J connectivity index is 1.59. The van der Waals surface area contributed by atoms with Gasteiger partial charge in [-0.25, -0.2) is 0 Å². The van der Waals surface area contributed by atoms with Crippen LogP contribution >= 0.6 is 0 Å². The highest BCUT2D eigenvalue weighted by Gasteiger charge is 2.13. The van der Waals surface area contributed by atoms with Gasteiger partial charge in [0.1, 0.15) is 0 Å². The van der Waals surface area contributed by atoms with Crippen LogP contribution < -0.4 is 0 Å². The molecule has 0 aromatic carbocycles. The molecule has 0 spiro atoms. The maximum absolute atomic E-state index is 8.58. The third-order valence-corrected chi connectivity index (χ3v) is 6.00. The second kappa shape index (κ2) is 38.8. The first-order valence-corrected chi connectivity index (χ1v) is 16.7. The molecule has 1 saturated heterocycles. The van der Waals surface area contributed by atoms with E-state index in [0.29, 0.717) is 165 Å². The van der Waals surface area contributed by atoms with Crippen LogP contribution in [0.1, 0.15) is 19.3 Å². The standard InChI is InChI=1S/C31H62O15/c32-4-6-33-7-8-34-9-10-35-11-12-36-13-14-37-15-16-38-17-18-39-19-20-40-21-22-41-23-24-42-25-26-43-27-28-44-29-30-46-31-3-1-2-5-45-31/h31-32H,1-30H2. The van der Waals surface area contributed by atoms with E-state index in [0.717, 1.165) is 25.9 Å². The number of rotatable bonds is 39. The van der Waals surface area contributed by atoms with Crippen molar-refractivity contribution in [3.8, 4) is 0 Å². The van der Waals surface area contributed by atoms with Gasteiger partial charge in [-0.15, -0.1) is 0 Å². The summed E-state index contributed by atoms with van der Waals surface area (Å²) in [6.07, 6.45) is 3.18. The summed E-state index contributed by atoms with van der Waals surface area (Å²) in [4.78, 5) is 0. The minimum absolute atomic E-state index is 0.0248. The van der Waals surface area contributed by atoms with Gasteiger partial charge in [-0.05, 0) is 19.3 Å². The number of ether oxygens (including phenoxy) is 14. The third kappa shape index (κ3) is 34.7. The lowest BCUT2D eigenvalue weighted by atomic mass is 10.2. The minimum Gasteiger partial charge on any atom is -0.394 e. The molecular weight excluding hydrogens is 612 g/mol. The predicted molar refractivity (Wildman–Crippen MR) is 166 cm³/mol. The molecule has 1 atom stereocenters. The maximum Gasteiger partial charge on any atom is 0.157 e. The zero-order chi connectivity index (χ0) is 32.7. The maximum atomic E-state index is 8.58. The van der Waals surface area contributed by atoms with E-state index in [4.69, 9.17) is 71.4 Å². The van der Waals surface area contributed by atoms with Crippen LogP contribution in [0, 0.1) is 0 Å². The molecule has 1 rings (SSSR count). The second-order valence-electron chi connectivity index (χ2n) is 9.74. The Kier molecular flexibility index (Phi) is 36.7. The normalized spacial score (nSPS) is 15.2. The molecule has 0 amide bonds. The van der Waals surface area contributed by atoms with Crippen molar-refractivity contribution in [1.82, 2.24) is 0 Å². The molecule has 1 aliphatic heterocycles. The molecule has 276 valence electrons. The fraction of sp³-hybridized carbons (Fsp3) is 1.00. The molecule has 0 saturated carbocycles. The molecule has 15 nitrogen and oxygen atoms in total. The first-order chi connectivity index (χ1) is 22.9. The molecule has 46 heavy (non-hydrogen) atoms. The topological polar surface area (TPSA) is 149 Å². The van der Waals surface area contributed by atoms with Crippen LogP contribution in [0.25, 0.3) is 0 Å². The summed E-state index contributed by atoms with van der Waals surface area (Å²) in [6, 6.07) is 0. The molecule has 0 radical (unpaired) electrons. The molecule has 1 aliphatic rings. The Morgan fingerprint density at radius 1 is 0.348 bits per heavy atom. The predicted octanol–water partition coefficient (Wildman–Crippen LogP) is 0.721. The minimum atomic E-state index is -0.0676. The lowest BCUT2D eigenvalue weighted by Gasteiger charge is -2.22. The SMILES string of the molecule is OCCOCCOCCOCCOCCOCCOCCOCCOCCOCCOCCOCCOCCOC1CCCCO1.